The van der Waals surface area contributed by atoms with E-state index in [9.17, 15) is 14.4 Å². The van der Waals surface area contributed by atoms with Gasteiger partial charge < -0.3 is 10.6 Å². The summed E-state index contributed by atoms with van der Waals surface area (Å²) in [6, 6.07) is 4.39. The van der Waals surface area contributed by atoms with Crippen molar-refractivity contribution in [2.24, 2.45) is 0 Å². The monoisotopic (exact) mass is 444 g/mol. The maximum absolute atomic E-state index is 12.9. The molecule has 1 saturated heterocycles. The molecule has 2 N–H and O–H groups in total. The van der Waals surface area contributed by atoms with Crippen molar-refractivity contribution in [2.75, 3.05) is 5.32 Å². The van der Waals surface area contributed by atoms with E-state index in [1.807, 2.05) is 37.4 Å². The maximum atomic E-state index is 12.9. The molecule has 4 amide bonds. The number of anilines is 1. The van der Waals surface area contributed by atoms with Gasteiger partial charge in [-0.05, 0) is 57.4 Å². The number of hydrogen-bond acceptors (Lipinski definition) is 6. The predicted molar refractivity (Wildman–Crippen MR) is 117 cm³/mol. The first kappa shape index (κ1) is 20.9. The number of imide groups is 1. The van der Waals surface area contributed by atoms with Gasteiger partial charge in [-0.15, -0.1) is 11.3 Å². The number of carbonyl (C=O) groups is 3. The third-order valence-corrected chi connectivity index (χ3v) is 7.72. The Balaban J connectivity index is 1.44. The van der Waals surface area contributed by atoms with E-state index >= 15 is 0 Å². The fourth-order valence-electron chi connectivity index (χ4n) is 3.98. The van der Waals surface area contributed by atoms with Gasteiger partial charge in [0.15, 0.2) is 4.34 Å². The SMILES string of the molecule is Cc1csc(Sc2ccc(NC(=O)C(C)N3C(=O)NC4(CCCC4)C3=O)c(C)c2)n1. The van der Waals surface area contributed by atoms with E-state index in [2.05, 4.69) is 15.6 Å². The smallest absolute Gasteiger partial charge is 0.324 e. The Hall–Kier alpha value is -2.39. The molecule has 158 valence electrons. The summed E-state index contributed by atoms with van der Waals surface area (Å²) in [5, 5.41) is 7.70. The van der Waals surface area contributed by atoms with Crippen molar-refractivity contribution in [3.63, 3.8) is 0 Å². The van der Waals surface area contributed by atoms with Crippen LogP contribution in [0.1, 0.15) is 43.9 Å². The van der Waals surface area contributed by atoms with E-state index in [1.54, 1.807) is 30.0 Å². The Bertz CT molecular complexity index is 1010. The zero-order valence-corrected chi connectivity index (χ0v) is 18.8. The van der Waals surface area contributed by atoms with Crippen LogP contribution in [0.25, 0.3) is 0 Å². The van der Waals surface area contributed by atoms with Crippen molar-refractivity contribution in [2.45, 2.75) is 67.3 Å². The quantitative estimate of drug-likeness (QED) is 0.678. The molecule has 0 bridgehead atoms. The third kappa shape index (κ3) is 3.83. The molecule has 2 aromatic rings. The number of nitrogens with zero attached hydrogens (tertiary/aromatic N) is 2. The highest BCUT2D eigenvalue weighted by molar-refractivity contribution is 8.01. The largest absolute Gasteiger partial charge is 0.325 e. The summed E-state index contributed by atoms with van der Waals surface area (Å²) < 4.78 is 0.969. The Morgan fingerprint density at radius 3 is 2.67 bits per heavy atom. The van der Waals surface area contributed by atoms with Crippen molar-refractivity contribution in [3.8, 4) is 0 Å². The van der Waals surface area contributed by atoms with Crippen molar-refractivity contribution < 1.29 is 14.4 Å². The lowest BCUT2D eigenvalue weighted by molar-refractivity contribution is -0.136. The van der Waals surface area contributed by atoms with Gasteiger partial charge in [0.1, 0.15) is 11.6 Å². The lowest BCUT2D eigenvalue weighted by atomic mass is 9.97. The lowest BCUT2D eigenvalue weighted by Crippen LogP contribution is -2.48. The van der Waals surface area contributed by atoms with Gasteiger partial charge in [0.2, 0.25) is 5.91 Å². The number of aromatic nitrogens is 1. The van der Waals surface area contributed by atoms with Gasteiger partial charge >= 0.3 is 6.03 Å². The molecule has 2 heterocycles. The van der Waals surface area contributed by atoms with Gasteiger partial charge in [-0.3, -0.25) is 9.59 Å². The number of hydrogen-bond donors (Lipinski definition) is 2. The molecule has 1 aromatic heterocycles. The molecule has 30 heavy (non-hydrogen) atoms. The summed E-state index contributed by atoms with van der Waals surface area (Å²) in [6.07, 6.45) is 3.09. The molecule has 0 radical (unpaired) electrons. The zero-order chi connectivity index (χ0) is 21.5. The molecule has 2 fully saturated rings. The summed E-state index contributed by atoms with van der Waals surface area (Å²) in [5.41, 5.74) is 1.75. The average molecular weight is 445 g/mol. The van der Waals surface area contributed by atoms with Gasteiger partial charge in [0, 0.05) is 21.7 Å². The minimum Gasteiger partial charge on any atom is -0.324 e. The van der Waals surface area contributed by atoms with Crippen LogP contribution in [-0.2, 0) is 9.59 Å². The molecule has 1 spiro atoms. The van der Waals surface area contributed by atoms with Crippen LogP contribution in [0.5, 0.6) is 0 Å². The van der Waals surface area contributed by atoms with Gasteiger partial charge in [-0.2, -0.15) is 0 Å². The van der Waals surface area contributed by atoms with Crippen LogP contribution >= 0.6 is 23.1 Å². The Labute approximate surface area is 183 Å². The number of urea groups is 1. The first-order chi connectivity index (χ1) is 14.3. The highest BCUT2D eigenvalue weighted by Crippen LogP contribution is 2.36. The van der Waals surface area contributed by atoms with E-state index in [-0.39, 0.29) is 11.8 Å². The molecule has 1 unspecified atom stereocenters. The van der Waals surface area contributed by atoms with Crippen LogP contribution in [0, 0.1) is 13.8 Å². The van der Waals surface area contributed by atoms with Gasteiger partial charge in [0.05, 0.1) is 0 Å². The molecule has 1 aromatic carbocycles. The Morgan fingerprint density at radius 1 is 1.30 bits per heavy atom. The van der Waals surface area contributed by atoms with Crippen LogP contribution in [0.3, 0.4) is 0 Å². The molecule has 1 atom stereocenters. The standard InChI is InChI=1S/C21H24N4O3S2/c1-12-10-15(30-20-22-13(2)11-29-20)6-7-16(12)23-17(26)14(3)25-18(27)21(24-19(25)28)8-4-5-9-21/h6-7,10-11,14H,4-5,8-9H2,1-3H3,(H,23,26)(H,24,28). The highest BCUT2D eigenvalue weighted by atomic mass is 32.2. The van der Waals surface area contributed by atoms with Crippen molar-refractivity contribution in [1.29, 1.82) is 0 Å². The number of carbonyl (C=O) groups excluding carboxylic acids is 3. The van der Waals surface area contributed by atoms with Crippen LogP contribution in [0.2, 0.25) is 0 Å². The van der Waals surface area contributed by atoms with E-state index < -0.39 is 17.6 Å². The minimum atomic E-state index is -0.885. The minimum absolute atomic E-state index is 0.283. The molecular formula is C21H24N4O3S2. The van der Waals surface area contributed by atoms with Crippen LogP contribution in [0.4, 0.5) is 10.5 Å². The fraction of sp³-hybridized carbons (Fsp3) is 0.429. The van der Waals surface area contributed by atoms with E-state index in [1.165, 1.54) is 0 Å². The van der Waals surface area contributed by atoms with Crippen LogP contribution < -0.4 is 10.6 Å². The number of nitrogens with one attached hydrogen (secondary N) is 2. The summed E-state index contributed by atoms with van der Waals surface area (Å²) in [6.45, 7) is 5.47. The number of aryl methyl sites for hydroxylation is 2. The Kier molecular flexibility index (Phi) is 5.59. The zero-order valence-electron chi connectivity index (χ0n) is 17.2. The maximum Gasteiger partial charge on any atom is 0.325 e. The fourth-order valence-corrected chi connectivity index (χ4v) is 5.89. The number of thiazole rings is 1. The predicted octanol–water partition coefficient (Wildman–Crippen LogP) is 4.10. The molecule has 4 rings (SSSR count). The highest BCUT2D eigenvalue weighted by Gasteiger charge is 2.54. The molecule has 9 heteroatoms. The van der Waals surface area contributed by atoms with Crippen LogP contribution in [0.15, 0.2) is 32.8 Å². The average Bonchev–Trinajstić information content (AvgIpc) is 3.38. The summed E-state index contributed by atoms with van der Waals surface area (Å²) in [7, 11) is 0. The van der Waals surface area contributed by atoms with Gasteiger partial charge in [-0.1, -0.05) is 24.6 Å². The molecule has 1 saturated carbocycles. The van der Waals surface area contributed by atoms with E-state index in [4.69, 9.17) is 0 Å². The molecular weight excluding hydrogens is 420 g/mol. The number of rotatable bonds is 5. The summed E-state index contributed by atoms with van der Waals surface area (Å²) in [4.78, 5) is 44.7. The topological polar surface area (TPSA) is 91.4 Å². The van der Waals surface area contributed by atoms with E-state index in [0.29, 0.717) is 18.5 Å². The van der Waals surface area contributed by atoms with E-state index in [0.717, 1.165) is 38.2 Å². The Morgan fingerprint density at radius 2 is 2.03 bits per heavy atom. The van der Waals surface area contributed by atoms with Gasteiger partial charge in [-0.25, -0.2) is 14.7 Å². The van der Waals surface area contributed by atoms with Gasteiger partial charge in [0.25, 0.3) is 5.91 Å². The second-order valence-corrected chi connectivity index (χ2v) is 10.1. The van der Waals surface area contributed by atoms with Crippen molar-refractivity contribution in [3.05, 3.63) is 34.8 Å². The van der Waals surface area contributed by atoms with Crippen LogP contribution in [-0.4, -0.2) is 39.3 Å². The third-order valence-electron chi connectivity index (χ3n) is 5.68. The van der Waals surface area contributed by atoms with Crippen molar-refractivity contribution >= 4 is 46.6 Å². The van der Waals surface area contributed by atoms with Crippen molar-refractivity contribution in [1.82, 2.24) is 15.2 Å². The normalized spacial score (nSPS) is 18.7. The number of benzene rings is 1. The second kappa shape index (κ2) is 8.03. The second-order valence-electron chi connectivity index (χ2n) is 7.89. The molecule has 7 nitrogen and oxygen atoms in total. The number of amides is 4. The molecule has 1 aliphatic carbocycles. The summed E-state index contributed by atoms with van der Waals surface area (Å²) >= 11 is 3.18. The molecule has 1 aliphatic heterocycles. The first-order valence-electron chi connectivity index (χ1n) is 9.96. The summed E-state index contributed by atoms with van der Waals surface area (Å²) in [5.74, 6) is -0.664. The molecule has 2 aliphatic rings. The lowest BCUT2D eigenvalue weighted by Gasteiger charge is -2.23. The first-order valence-corrected chi connectivity index (χ1v) is 11.7.